The van der Waals surface area contributed by atoms with Crippen LogP contribution in [0.25, 0.3) is 0 Å². The number of hydrogen-bond donors (Lipinski definition) is 4. The Labute approximate surface area is 262 Å². The number of anilines is 1. The van der Waals surface area contributed by atoms with Crippen LogP contribution in [0.5, 0.6) is 5.75 Å². The molecule has 0 bridgehead atoms. The van der Waals surface area contributed by atoms with Crippen molar-refractivity contribution in [2.45, 2.75) is 61.9 Å². The number of methoxy groups -OCH3 is 1. The van der Waals surface area contributed by atoms with Crippen LogP contribution in [0.1, 0.15) is 49.0 Å². The van der Waals surface area contributed by atoms with Crippen LogP contribution in [0.15, 0.2) is 41.3 Å². The van der Waals surface area contributed by atoms with Crippen molar-refractivity contribution in [2.75, 3.05) is 25.3 Å². The molecule has 2 aromatic carbocycles. The Kier molecular flexibility index (Phi) is 10.8. The predicted molar refractivity (Wildman–Crippen MR) is 157 cm³/mol. The Balaban J connectivity index is 0.000000707. The lowest BCUT2D eigenvalue weighted by Gasteiger charge is -2.45. The lowest BCUT2D eigenvalue weighted by Crippen LogP contribution is -2.63. The van der Waals surface area contributed by atoms with Crippen molar-refractivity contribution in [3.05, 3.63) is 52.5 Å². The molecule has 0 radical (unpaired) electrons. The molecule has 0 saturated carbocycles. The molecule has 45 heavy (non-hydrogen) atoms. The minimum Gasteiger partial charge on any atom is -0.496 e. The summed E-state index contributed by atoms with van der Waals surface area (Å²) in [4.78, 5) is 36.8. The van der Waals surface area contributed by atoms with E-state index in [4.69, 9.17) is 36.4 Å². The van der Waals surface area contributed by atoms with Crippen LogP contribution in [0, 0.1) is 5.41 Å². The fourth-order valence-electron chi connectivity index (χ4n) is 4.98. The second kappa shape index (κ2) is 13.6. The summed E-state index contributed by atoms with van der Waals surface area (Å²) in [6.07, 6.45) is -2.66. The summed E-state index contributed by atoms with van der Waals surface area (Å²) in [5, 5.41) is 21.8. The average molecular weight is 677 g/mol. The first-order valence-corrected chi connectivity index (χ1v) is 15.6. The number of halogens is 4. The van der Waals surface area contributed by atoms with Gasteiger partial charge < -0.3 is 25.2 Å². The molecule has 2 saturated heterocycles. The van der Waals surface area contributed by atoms with Gasteiger partial charge in [-0.1, -0.05) is 23.7 Å². The van der Waals surface area contributed by atoms with Gasteiger partial charge in [0.2, 0.25) is 5.91 Å². The van der Waals surface area contributed by atoms with Gasteiger partial charge in [-0.2, -0.15) is 13.2 Å². The zero-order valence-electron chi connectivity index (χ0n) is 24.6. The largest absolute Gasteiger partial charge is 0.496 e. The molecule has 0 aliphatic carbocycles. The standard InChI is InChI=1S/C26H31ClN4O6S.C2HF3O2/c1-15-12-16(10-11-37-15)31-22(32)14-26(2,30-25(31)28)19-6-5-7-20(23(19)27)29-24(33)18-13-17(38(4,34)35)8-9-21(18)36-3;3-2(4,5)1(6)7/h5-9,13,15-16H,10-12,14H2,1-4H3,(H2,28,30)(H,29,33);(H,6,7)/t15-,16-,26+;/m1./s1. The van der Waals surface area contributed by atoms with Gasteiger partial charge in [-0.15, -0.1) is 0 Å². The molecule has 4 rings (SSSR count). The van der Waals surface area contributed by atoms with Crippen LogP contribution in [-0.4, -0.2) is 80.5 Å². The number of amides is 2. The van der Waals surface area contributed by atoms with Crippen molar-refractivity contribution in [3.63, 3.8) is 0 Å². The minimum atomic E-state index is -5.08. The number of hydrogen-bond acceptors (Lipinski definition) is 8. The summed E-state index contributed by atoms with van der Waals surface area (Å²) in [6.45, 7) is 4.27. The lowest BCUT2D eigenvalue weighted by atomic mass is 9.85. The fourth-order valence-corrected chi connectivity index (χ4v) is 6.00. The van der Waals surface area contributed by atoms with Gasteiger partial charge in [-0.25, -0.2) is 13.2 Å². The summed E-state index contributed by atoms with van der Waals surface area (Å²) >= 11 is 6.75. The Morgan fingerprint density at radius 1 is 1.27 bits per heavy atom. The van der Waals surface area contributed by atoms with Crippen LogP contribution in [-0.2, 0) is 29.7 Å². The molecule has 12 nitrogen and oxygen atoms in total. The molecule has 2 fully saturated rings. The van der Waals surface area contributed by atoms with Crippen LogP contribution >= 0.6 is 11.6 Å². The minimum absolute atomic E-state index is 0.00400. The highest BCUT2D eigenvalue weighted by Crippen LogP contribution is 2.39. The topological polar surface area (TPSA) is 175 Å². The van der Waals surface area contributed by atoms with E-state index in [2.05, 4.69) is 10.6 Å². The molecule has 2 aliphatic rings. The van der Waals surface area contributed by atoms with Gasteiger partial charge in [-0.3, -0.25) is 19.9 Å². The quantitative estimate of drug-likeness (QED) is 0.350. The molecule has 246 valence electrons. The molecule has 4 N–H and O–H groups in total. The number of guanidine groups is 1. The van der Waals surface area contributed by atoms with Crippen molar-refractivity contribution < 1.29 is 50.6 Å². The van der Waals surface area contributed by atoms with Gasteiger partial charge in [0.05, 0.1) is 46.3 Å². The van der Waals surface area contributed by atoms with Crippen LogP contribution in [0.4, 0.5) is 18.9 Å². The Hall–Kier alpha value is -3.89. The van der Waals surface area contributed by atoms with Gasteiger partial charge in [0, 0.05) is 18.9 Å². The lowest BCUT2D eigenvalue weighted by molar-refractivity contribution is -0.192. The number of sulfone groups is 1. The van der Waals surface area contributed by atoms with Crippen LogP contribution in [0.3, 0.4) is 0 Å². The van der Waals surface area contributed by atoms with E-state index in [1.165, 1.54) is 30.2 Å². The van der Waals surface area contributed by atoms with Crippen LogP contribution in [0.2, 0.25) is 5.02 Å². The summed E-state index contributed by atoms with van der Waals surface area (Å²) in [7, 11) is -2.17. The molecule has 0 aromatic heterocycles. The van der Waals surface area contributed by atoms with Crippen molar-refractivity contribution in [3.8, 4) is 5.75 Å². The second-order valence-electron chi connectivity index (χ2n) is 10.7. The number of carboxylic acid groups (broad SMARTS) is 1. The number of carbonyl (C=O) groups is 3. The van der Waals surface area contributed by atoms with E-state index < -0.39 is 33.4 Å². The number of benzene rings is 2. The molecule has 0 spiro atoms. The Morgan fingerprint density at radius 2 is 1.91 bits per heavy atom. The fraction of sp³-hybridized carbons (Fsp3) is 0.429. The number of carbonyl (C=O) groups excluding carboxylic acids is 2. The van der Waals surface area contributed by atoms with E-state index in [9.17, 15) is 31.2 Å². The monoisotopic (exact) mass is 676 g/mol. The third kappa shape index (κ3) is 8.43. The first kappa shape index (κ1) is 35.6. The van der Waals surface area contributed by atoms with Crippen molar-refractivity contribution in [2.24, 2.45) is 0 Å². The third-order valence-corrected chi connectivity index (χ3v) is 8.68. The number of rotatable bonds is 6. The number of carboxylic acids is 1. The highest BCUT2D eigenvalue weighted by Gasteiger charge is 2.44. The zero-order chi connectivity index (χ0) is 33.9. The van der Waals surface area contributed by atoms with E-state index >= 15 is 0 Å². The van der Waals surface area contributed by atoms with Crippen molar-refractivity contribution >= 4 is 50.9 Å². The number of nitrogens with zero attached hydrogens (tertiary/aromatic N) is 1. The summed E-state index contributed by atoms with van der Waals surface area (Å²) in [5.41, 5.74) is -0.166. The molecule has 2 amide bonds. The first-order chi connectivity index (χ1) is 20.8. The predicted octanol–water partition coefficient (Wildman–Crippen LogP) is 4.18. The van der Waals surface area contributed by atoms with E-state index in [-0.39, 0.29) is 57.4 Å². The van der Waals surface area contributed by atoms with E-state index in [0.717, 1.165) is 6.26 Å². The second-order valence-corrected chi connectivity index (χ2v) is 13.1. The smallest absolute Gasteiger partial charge is 0.490 e. The van der Waals surface area contributed by atoms with Gasteiger partial charge in [0.1, 0.15) is 5.75 Å². The zero-order valence-corrected chi connectivity index (χ0v) is 26.2. The van der Waals surface area contributed by atoms with Gasteiger partial charge in [-0.05, 0) is 56.5 Å². The molecule has 3 atom stereocenters. The highest BCUT2D eigenvalue weighted by molar-refractivity contribution is 7.90. The molecule has 2 aromatic rings. The third-order valence-electron chi connectivity index (χ3n) is 7.16. The van der Waals surface area contributed by atoms with E-state index in [1.54, 1.807) is 25.1 Å². The van der Waals surface area contributed by atoms with E-state index in [0.29, 0.717) is 25.0 Å². The number of nitrogens with one attached hydrogen (secondary N) is 3. The summed E-state index contributed by atoms with van der Waals surface area (Å²) in [5.74, 6) is -3.37. The molecular formula is C28H32ClF3N4O8S. The maximum absolute atomic E-state index is 13.3. The number of alkyl halides is 3. The molecular weight excluding hydrogens is 645 g/mol. The molecule has 2 aliphatic heterocycles. The Morgan fingerprint density at radius 3 is 2.44 bits per heavy atom. The highest BCUT2D eigenvalue weighted by atomic mass is 35.5. The normalized spacial score (nSPS) is 22.1. The number of aliphatic carboxylic acids is 1. The maximum Gasteiger partial charge on any atom is 0.490 e. The summed E-state index contributed by atoms with van der Waals surface area (Å²) < 4.78 is 66.6. The van der Waals surface area contributed by atoms with Gasteiger partial charge in [0.15, 0.2) is 15.8 Å². The SMILES string of the molecule is COc1ccc(S(C)(=O)=O)cc1C(=O)Nc1cccc([C@]2(C)CC(=O)N([C@@H]3CCO[C@H](C)C3)C(=N)N2)c1Cl.O=C(O)C(F)(F)F. The average Bonchev–Trinajstić information content (AvgIpc) is 2.92. The molecule has 17 heteroatoms. The van der Waals surface area contributed by atoms with Gasteiger partial charge in [0.25, 0.3) is 5.91 Å². The van der Waals surface area contributed by atoms with Crippen LogP contribution < -0.4 is 15.4 Å². The van der Waals surface area contributed by atoms with Crippen molar-refractivity contribution in [1.29, 1.82) is 5.41 Å². The van der Waals surface area contributed by atoms with Gasteiger partial charge >= 0.3 is 12.1 Å². The molecule has 2 heterocycles. The van der Waals surface area contributed by atoms with E-state index in [1.807, 2.05) is 6.92 Å². The first-order valence-electron chi connectivity index (χ1n) is 13.4. The van der Waals surface area contributed by atoms with Crippen molar-refractivity contribution in [1.82, 2.24) is 10.2 Å². The molecule has 0 unspecified atom stereocenters. The number of ether oxygens (including phenoxy) is 2. The Bertz CT molecular complexity index is 1580. The maximum atomic E-state index is 13.3. The summed E-state index contributed by atoms with van der Waals surface area (Å²) in [6, 6.07) is 8.94.